The number of amides is 1. The number of carbonyl (C=O) groups is 1. The van der Waals surface area contributed by atoms with Gasteiger partial charge in [-0.3, -0.25) is 4.79 Å². The van der Waals surface area contributed by atoms with Gasteiger partial charge in [-0.05, 0) is 61.6 Å². The normalized spacial score (nSPS) is 17.2. The van der Waals surface area contributed by atoms with Gasteiger partial charge in [0.2, 0.25) is 5.91 Å². The first-order chi connectivity index (χ1) is 20.9. The van der Waals surface area contributed by atoms with E-state index >= 15 is 4.39 Å². The average Bonchev–Trinajstić information content (AvgIpc) is 3.82. The van der Waals surface area contributed by atoms with Crippen molar-refractivity contribution >= 4 is 55.8 Å². The molecule has 1 aromatic carbocycles. The first-order valence-electron chi connectivity index (χ1n) is 13.9. The number of sulfone groups is 1. The van der Waals surface area contributed by atoms with Gasteiger partial charge in [0.25, 0.3) is 0 Å². The highest BCUT2D eigenvalue weighted by Crippen LogP contribution is 2.45. The van der Waals surface area contributed by atoms with E-state index in [0.29, 0.717) is 30.6 Å². The molecule has 0 unspecified atom stereocenters. The third kappa shape index (κ3) is 5.24. The van der Waals surface area contributed by atoms with Crippen LogP contribution in [-0.4, -0.2) is 70.7 Å². The molecule has 4 heterocycles. The quantitative estimate of drug-likeness (QED) is 0.272. The lowest BCUT2D eigenvalue weighted by Crippen LogP contribution is -2.54. The average molecular weight is 658 g/mol. The fourth-order valence-corrected chi connectivity index (χ4v) is 7.01. The lowest BCUT2D eigenvalue weighted by Gasteiger charge is -2.40. The molecule has 0 radical (unpaired) electrons. The van der Waals surface area contributed by atoms with Crippen LogP contribution in [-0.2, 0) is 14.6 Å². The van der Waals surface area contributed by atoms with E-state index in [0.717, 1.165) is 23.7 Å². The minimum atomic E-state index is -3.92. The number of fused-ring (bicyclic) bond motifs is 1. The number of rotatable bonds is 6. The number of pyridine rings is 2. The summed E-state index contributed by atoms with van der Waals surface area (Å²) in [6.07, 6.45) is 5.28. The minimum absolute atomic E-state index is 0.00955. The largest absolute Gasteiger partial charge is 0.355 e. The van der Waals surface area contributed by atoms with Crippen molar-refractivity contribution in [3.8, 4) is 16.9 Å². The minimum Gasteiger partial charge on any atom is -0.350 e. The van der Waals surface area contributed by atoms with Crippen LogP contribution in [0.15, 0.2) is 59.0 Å². The molecule has 0 spiro atoms. The Labute approximate surface area is 262 Å². The van der Waals surface area contributed by atoms with E-state index < -0.39 is 21.3 Å². The molecule has 0 bridgehead atoms. The van der Waals surface area contributed by atoms with Crippen molar-refractivity contribution in [2.45, 2.75) is 36.8 Å². The number of nitrogens with zero attached hydrogens (tertiary/aromatic N) is 6. The molecular weight excluding hydrogens is 630 g/mol. The van der Waals surface area contributed by atoms with Crippen molar-refractivity contribution in [1.82, 2.24) is 24.4 Å². The predicted molar refractivity (Wildman–Crippen MR) is 167 cm³/mol. The van der Waals surface area contributed by atoms with Crippen LogP contribution in [0.3, 0.4) is 0 Å². The van der Waals surface area contributed by atoms with Gasteiger partial charge in [0.1, 0.15) is 11.6 Å². The molecule has 2 aliphatic rings. The Morgan fingerprint density at radius 2 is 1.89 bits per heavy atom. The summed E-state index contributed by atoms with van der Waals surface area (Å²) in [4.78, 5) is 43.3. The molecule has 1 atom stereocenters. The van der Waals surface area contributed by atoms with Crippen molar-refractivity contribution in [1.29, 1.82) is 0 Å². The molecule has 6 rings (SSSR count). The molecule has 1 saturated carbocycles. The van der Waals surface area contributed by atoms with E-state index in [4.69, 9.17) is 28.2 Å². The number of anilines is 1. The Morgan fingerprint density at radius 3 is 2.52 bits per heavy atom. The summed E-state index contributed by atoms with van der Waals surface area (Å²) in [7, 11) is -3.92. The van der Waals surface area contributed by atoms with E-state index in [1.807, 2.05) is 11.8 Å². The number of hydrogen-bond donors (Lipinski definition) is 0. The zero-order valence-electron chi connectivity index (χ0n) is 23.8. The molecule has 14 heteroatoms. The molecule has 10 nitrogen and oxygen atoms in total. The summed E-state index contributed by atoms with van der Waals surface area (Å²) in [5.41, 5.74) is -0.216. The van der Waals surface area contributed by atoms with Gasteiger partial charge in [0, 0.05) is 38.1 Å². The van der Waals surface area contributed by atoms with E-state index in [9.17, 15) is 18.0 Å². The number of carbonyl (C=O) groups excluding carboxylic acids is 1. The lowest BCUT2D eigenvalue weighted by molar-refractivity contribution is -0.126. The third-order valence-electron chi connectivity index (χ3n) is 7.90. The van der Waals surface area contributed by atoms with Crippen LogP contribution in [0.5, 0.6) is 0 Å². The summed E-state index contributed by atoms with van der Waals surface area (Å²) in [5.74, 6) is -0.627. The van der Waals surface area contributed by atoms with Crippen LogP contribution in [0.25, 0.3) is 28.0 Å². The Hall–Kier alpha value is -3.87. The second-order valence-electron chi connectivity index (χ2n) is 11.0. The van der Waals surface area contributed by atoms with E-state index in [2.05, 4.69) is 16.5 Å². The van der Waals surface area contributed by atoms with Gasteiger partial charge in [0.15, 0.2) is 20.5 Å². The summed E-state index contributed by atoms with van der Waals surface area (Å²) in [5, 5.41) is 0.122. The summed E-state index contributed by atoms with van der Waals surface area (Å²) >= 11 is 13.2. The van der Waals surface area contributed by atoms with Crippen molar-refractivity contribution in [2.24, 2.45) is 0 Å². The SMILES string of the molecule is C=CC(=O)N1CCN(c2nc(=O)n(-c3c(C4CC4)ccnc3S(C)(=O)=O)c3nc(-c4c(F)cccc4Cl)c(Cl)cc23)[C@@H](C)C1. The topological polar surface area (TPSA) is 118 Å². The maximum Gasteiger partial charge on any atom is 0.355 e. The number of aromatic nitrogens is 4. The van der Waals surface area contributed by atoms with Gasteiger partial charge >= 0.3 is 5.69 Å². The predicted octanol–water partition coefficient (Wildman–Crippen LogP) is 4.79. The zero-order valence-corrected chi connectivity index (χ0v) is 26.1. The first-order valence-corrected chi connectivity index (χ1v) is 16.5. The molecule has 0 N–H and O–H groups in total. The van der Waals surface area contributed by atoms with Crippen molar-refractivity contribution in [3.63, 3.8) is 0 Å². The fraction of sp³-hybridized carbons (Fsp3) is 0.300. The maximum atomic E-state index is 15.2. The van der Waals surface area contributed by atoms with Crippen LogP contribution in [0.4, 0.5) is 10.2 Å². The Bertz CT molecular complexity index is 2010. The Morgan fingerprint density at radius 1 is 1.14 bits per heavy atom. The molecule has 228 valence electrons. The standard InChI is InChI=1S/C30H27Cl2FN6O4S/c1-4-23(40)37-12-13-38(16(2)15-37)27-19-14-21(32)25(24-20(31)6-5-7-22(24)33)35-28(19)39(30(41)36-27)26-18(17-8-9-17)10-11-34-29(26)44(3,42)43/h4-7,10-11,14,16-17H,1,8-9,12-13,15H2,2-3H3/t16-/m0/s1. The van der Waals surface area contributed by atoms with Crippen molar-refractivity contribution < 1.29 is 17.6 Å². The molecule has 1 saturated heterocycles. The van der Waals surface area contributed by atoms with Gasteiger partial charge in [-0.1, -0.05) is 35.8 Å². The zero-order chi connectivity index (χ0) is 31.5. The summed E-state index contributed by atoms with van der Waals surface area (Å²) < 4.78 is 42.3. The third-order valence-corrected chi connectivity index (χ3v) is 9.51. The first kappa shape index (κ1) is 30.2. The van der Waals surface area contributed by atoms with E-state index in [1.165, 1.54) is 36.5 Å². The van der Waals surface area contributed by atoms with Crippen molar-refractivity contribution in [3.05, 3.63) is 81.1 Å². The highest BCUT2D eigenvalue weighted by atomic mass is 35.5. The molecule has 44 heavy (non-hydrogen) atoms. The molecular formula is C30H27Cl2FN6O4S. The van der Waals surface area contributed by atoms with Gasteiger partial charge in [-0.2, -0.15) is 4.98 Å². The van der Waals surface area contributed by atoms with Gasteiger partial charge in [-0.15, -0.1) is 0 Å². The highest BCUT2D eigenvalue weighted by Gasteiger charge is 2.34. The van der Waals surface area contributed by atoms with Crippen LogP contribution >= 0.6 is 23.2 Å². The smallest absolute Gasteiger partial charge is 0.350 e. The molecule has 1 aliphatic heterocycles. The highest BCUT2D eigenvalue weighted by molar-refractivity contribution is 7.90. The van der Waals surface area contributed by atoms with Crippen LogP contribution in [0.1, 0.15) is 31.2 Å². The fourth-order valence-electron chi connectivity index (χ4n) is 5.70. The summed E-state index contributed by atoms with van der Waals surface area (Å²) in [6, 6.07) is 7.10. The summed E-state index contributed by atoms with van der Waals surface area (Å²) in [6.45, 7) is 6.47. The van der Waals surface area contributed by atoms with Gasteiger partial charge in [0.05, 0.1) is 32.4 Å². The molecule has 4 aromatic rings. The number of hydrogen-bond acceptors (Lipinski definition) is 8. The monoisotopic (exact) mass is 656 g/mol. The van der Waals surface area contributed by atoms with Crippen molar-refractivity contribution in [2.75, 3.05) is 30.8 Å². The lowest BCUT2D eigenvalue weighted by atomic mass is 10.1. The van der Waals surface area contributed by atoms with E-state index in [1.54, 1.807) is 11.0 Å². The molecule has 3 aromatic heterocycles. The number of halogens is 3. The second kappa shape index (κ2) is 11.2. The second-order valence-corrected chi connectivity index (χ2v) is 13.7. The van der Waals surface area contributed by atoms with Gasteiger partial charge in [-0.25, -0.2) is 32.1 Å². The Kier molecular flexibility index (Phi) is 7.71. The van der Waals surface area contributed by atoms with Crippen LogP contribution in [0, 0.1) is 5.82 Å². The maximum absolute atomic E-state index is 15.2. The molecule has 1 aliphatic carbocycles. The number of piperazine rings is 1. The van der Waals surface area contributed by atoms with Crippen LogP contribution < -0.4 is 10.6 Å². The Balaban J connectivity index is 1.69. The van der Waals surface area contributed by atoms with E-state index in [-0.39, 0.29) is 61.3 Å². The van der Waals surface area contributed by atoms with Crippen LogP contribution in [0.2, 0.25) is 10.0 Å². The number of benzene rings is 1. The molecule has 1 amide bonds. The molecule has 2 fully saturated rings. The van der Waals surface area contributed by atoms with Gasteiger partial charge < -0.3 is 9.80 Å².